The highest BCUT2D eigenvalue weighted by Crippen LogP contribution is 2.35. The molecular weight excluding hydrogens is 204 g/mol. The van der Waals surface area contributed by atoms with E-state index in [-0.39, 0.29) is 5.91 Å². The Morgan fingerprint density at radius 1 is 1.44 bits per heavy atom. The van der Waals surface area contributed by atoms with Crippen molar-refractivity contribution in [3.63, 3.8) is 0 Å². The van der Waals surface area contributed by atoms with Crippen LogP contribution in [0.25, 0.3) is 0 Å². The van der Waals surface area contributed by atoms with Gasteiger partial charge in [0, 0.05) is 19.7 Å². The summed E-state index contributed by atoms with van der Waals surface area (Å²) in [6, 6.07) is 0.494. The van der Waals surface area contributed by atoms with Gasteiger partial charge < -0.3 is 15.4 Å². The molecule has 4 heteroatoms. The van der Waals surface area contributed by atoms with Crippen LogP contribution < -0.4 is 10.6 Å². The molecule has 0 heterocycles. The van der Waals surface area contributed by atoms with Crippen molar-refractivity contribution in [3.8, 4) is 0 Å². The number of rotatable bonds is 8. The number of hydrogen-bond acceptors (Lipinski definition) is 3. The van der Waals surface area contributed by atoms with Crippen molar-refractivity contribution in [1.29, 1.82) is 0 Å². The van der Waals surface area contributed by atoms with Crippen LogP contribution in [-0.4, -0.2) is 38.8 Å². The van der Waals surface area contributed by atoms with Crippen LogP contribution in [-0.2, 0) is 9.53 Å². The number of methoxy groups -OCH3 is 1. The molecule has 0 bridgehead atoms. The molecule has 1 atom stereocenters. The Kier molecular flexibility index (Phi) is 5.77. The predicted octanol–water partition coefficient (Wildman–Crippen LogP) is 0.773. The molecule has 0 spiro atoms. The van der Waals surface area contributed by atoms with Crippen LogP contribution in [0.5, 0.6) is 0 Å². The van der Waals surface area contributed by atoms with Crippen LogP contribution in [0.3, 0.4) is 0 Å². The van der Waals surface area contributed by atoms with Crippen molar-refractivity contribution in [2.24, 2.45) is 11.8 Å². The van der Waals surface area contributed by atoms with Crippen molar-refractivity contribution in [2.75, 3.05) is 26.8 Å². The van der Waals surface area contributed by atoms with Crippen molar-refractivity contribution >= 4 is 5.91 Å². The van der Waals surface area contributed by atoms with E-state index >= 15 is 0 Å². The average Bonchev–Trinajstić information content (AvgIpc) is 3.02. The molecule has 94 valence electrons. The first-order valence-electron chi connectivity index (χ1n) is 6.14. The molecule has 1 aliphatic rings. The maximum Gasteiger partial charge on any atom is 0.234 e. The Balaban J connectivity index is 2.13. The summed E-state index contributed by atoms with van der Waals surface area (Å²) < 4.78 is 4.87. The molecule has 0 radical (unpaired) electrons. The predicted molar refractivity (Wildman–Crippen MR) is 64.2 cm³/mol. The summed E-state index contributed by atoms with van der Waals surface area (Å²) in [6.07, 6.45) is 2.61. The van der Waals surface area contributed by atoms with E-state index in [1.807, 2.05) is 0 Å². The minimum atomic E-state index is 0.0587. The third-order valence-corrected chi connectivity index (χ3v) is 2.97. The lowest BCUT2D eigenvalue weighted by molar-refractivity contribution is -0.120. The zero-order valence-electron chi connectivity index (χ0n) is 10.6. The van der Waals surface area contributed by atoms with E-state index in [2.05, 4.69) is 24.5 Å². The van der Waals surface area contributed by atoms with Crippen LogP contribution in [0.15, 0.2) is 0 Å². The van der Waals surface area contributed by atoms with Crippen LogP contribution >= 0.6 is 0 Å². The van der Waals surface area contributed by atoms with Gasteiger partial charge in [0.15, 0.2) is 0 Å². The quantitative estimate of drug-likeness (QED) is 0.603. The monoisotopic (exact) mass is 228 g/mol. The zero-order valence-corrected chi connectivity index (χ0v) is 10.6. The first-order chi connectivity index (χ1) is 7.65. The lowest BCUT2D eigenvalue weighted by atomic mass is 10.00. The van der Waals surface area contributed by atoms with E-state index in [4.69, 9.17) is 4.74 Å². The smallest absolute Gasteiger partial charge is 0.234 e. The molecule has 0 aliphatic heterocycles. The number of carbonyl (C=O) groups is 1. The number of nitrogens with one attached hydrogen (secondary N) is 2. The van der Waals surface area contributed by atoms with Gasteiger partial charge in [0.05, 0.1) is 13.2 Å². The topological polar surface area (TPSA) is 50.4 Å². The lowest BCUT2D eigenvalue weighted by Crippen LogP contribution is -2.43. The van der Waals surface area contributed by atoms with Gasteiger partial charge in [0.2, 0.25) is 5.91 Å². The summed E-state index contributed by atoms with van der Waals surface area (Å²) in [5, 5.41) is 6.17. The third kappa shape index (κ3) is 4.94. The Hall–Kier alpha value is -0.610. The van der Waals surface area contributed by atoms with Gasteiger partial charge in [-0.3, -0.25) is 4.79 Å². The number of hydrogen-bond donors (Lipinski definition) is 2. The maximum atomic E-state index is 11.5. The first kappa shape index (κ1) is 13.5. The summed E-state index contributed by atoms with van der Waals surface area (Å²) in [5.74, 6) is 1.44. The van der Waals surface area contributed by atoms with Gasteiger partial charge in [-0.1, -0.05) is 13.8 Å². The van der Waals surface area contributed by atoms with Crippen LogP contribution in [0.1, 0.15) is 26.7 Å². The molecule has 1 rings (SSSR count). The number of carbonyl (C=O) groups excluding carboxylic acids is 1. The SMILES string of the molecule is COCCNC(=O)CNC(C(C)C)C1CC1. The minimum absolute atomic E-state index is 0.0587. The van der Waals surface area contributed by atoms with E-state index in [0.29, 0.717) is 31.7 Å². The van der Waals surface area contributed by atoms with E-state index in [1.165, 1.54) is 12.8 Å². The third-order valence-electron chi connectivity index (χ3n) is 2.97. The second-order valence-electron chi connectivity index (χ2n) is 4.83. The van der Waals surface area contributed by atoms with E-state index in [9.17, 15) is 4.79 Å². The van der Waals surface area contributed by atoms with Gasteiger partial charge in [0.1, 0.15) is 0 Å². The molecule has 4 nitrogen and oxygen atoms in total. The average molecular weight is 228 g/mol. The van der Waals surface area contributed by atoms with Crippen LogP contribution in [0.4, 0.5) is 0 Å². The van der Waals surface area contributed by atoms with Gasteiger partial charge in [-0.15, -0.1) is 0 Å². The summed E-state index contributed by atoms with van der Waals surface area (Å²) in [7, 11) is 1.63. The molecule has 1 amide bonds. The molecule has 0 aromatic heterocycles. The van der Waals surface area contributed by atoms with Gasteiger partial charge in [-0.25, -0.2) is 0 Å². The standard InChI is InChI=1S/C12H24N2O2/c1-9(2)12(10-4-5-10)14-8-11(15)13-6-7-16-3/h9-10,12,14H,4-8H2,1-3H3,(H,13,15). The number of ether oxygens (including phenoxy) is 1. The Labute approximate surface area is 98.1 Å². The Morgan fingerprint density at radius 2 is 2.12 bits per heavy atom. The largest absolute Gasteiger partial charge is 0.383 e. The molecule has 1 saturated carbocycles. The summed E-state index contributed by atoms with van der Waals surface area (Å²) >= 11 is 0. The van der Waals surface area contributed by atoms with Crippen molar-refractivity contribution < 1.29 is 9.53 Å². The van der Waals surface area contributed by atoms with Gasteiger partial charge in [-0.05, 0) is 24.7 Å². The van der Waals surface area contributed by atoms with Crippen LogP contribution in [0.2, 0.25) is 0 Å². The molecule has 0 aromatic rings. The normalized spacial score (nSPS) is 17.5. The molecule has 1 fully saturated rings. The van der Waals surface area contributed by atoms with Gasteiger partial charge in [-0.2, -0.15) is 0 Å². The molecule has 0 saturated heterocycles. The molecule has 1 unspecified atom stereocenters. The minimum Gasteiger partial charge on any atom is -0.383 e. The van der Waals surface area contributed by atoms with Crippen molar-refractivity contribution in [3.05, 3.63) is 0 Å². The molecule has 16 heavy (non-hydrogen) atoms. The van der Waals surface area contributed by atoms with Gasteiger partial charge in [0.25, 0.3) is 0 Å². The Morgan fingerprint density at radius 3 is 2.62 bits per heavy atom. The fraction of sp³-hybridized carbons (Fsp3) is 0.917. The molecular formula is C12H24N2O2. The highest BCUT2D eigenvalue weighted by atomic mass is 16.5. The van der Waals surface area contributed by atoms with Crippen molar-refractivity contribution in [2.45, 2.75) is 32.7 Å². The summed E-state index contributed by atoms with van der Waals surface area (Å²) in [5.41, 5.74) is 0. The van der Waals surface area contributed by atoms with Crippen molar-refractivity contribution in [1.82, 2.24) is 10.6 Å². The van der Waals surface area contributed by atoms with E-state index in [1.54, 1.807) is 7.11 Å². The second kappa shape index (κ2) is 6.86. The van der Waals surface area contributed by atoms with Gasteiger partial charge >= 0.3 is 0 Å². The van der Waals surface area contributed by atoms with E-state index in [0.717, 1.165) is 5.92 Å². The highest BCUT2D eigenvalue weighted by molar-refractivity contribution is 5.77. The lowest BCUT2D eigenvalue weighted by Gasteiger charge is -2.21. The van der Waals surface area contributed by atoms with E-state index < -0.39 is 0 Å². The summed E-state index contributed by atoms with van der Waals surface area (Å²) in [6.45, 7) is 6.00. The maximum absolute atomic E-state index is 11.5. The molecule has 2 N–H and O–H groups in total. The zero-order chi connectivity index (χ0) is 12.0. The second-order valence-corrected chi connectivity index (χ2v) is 4.83. The highest BCUT2D eigenvalue weighted by Gasteiger charge is 2.32. The number of amides is 1. The molecule has 1 aliphatic carbocycles. The first-order valence-corrected chi connectivity index (χ1v) is 6.14. The Bertz CT molecular complexity index is 213. The fourth-order valence-corrected chi connectivity index (χ4v) is 1.97. The summed E-state index contributed by atoms with van der Waals surface area (Å²) in [4.78, 5) is 11.5. The van der Waals surface area contributed by atoms with Crippen LogP contribution in [0, 0.1) is 11.8 Å². The molecule has 0 aromatic carbocycles. The fourth-order valence-electron chi connectivity index (χ4n) is 1.97.